The van der Waals surface area contributed by atoms with Gasteiger partial charge in [0.25, 0.3) is 0 Å². The highest BCUT2D eigenvalue weighted by Crippen LogP contribution is 2.45. The van der Waals surface area contributed by atoms with Crippen LogP contribution in [0.15, 0.2) is 103 Å². The first-order valence-electron chi connectivity index (χ1n) is 13.0. The molecule has 3 heteroatoms. The van der Waals surface area contributed by atoms with Gasteiger partial charge in [-0.15, -0.1) is 0 Å². The summed E-state index contributed by atoms with van der Waals surface area (Å²) in [5, 5.41) is 0. The molecule has 0 fully saturated rings. The van der Waals surface area contributed by atoms with Crippen LogP contribution in [0.3, 0.4) is 0 Å². The van der Waals surface area contributed by atoms with Crippen LogP contribution in [0.25, 0.3) is 22.5 Å². The molecule has 0 radical (unpaired) electrons. The van der Waals surface area contributed by atoms with Crippen molar-refractivity contribution < 1.29 is 4.57 Å². The Balaban J connectivity index is 1.39. The van der Waals surface area contributed by atoms with Crippen LogP contribution in [0, 0.1) is 0 Å². The molecule has 0 N–H and O–H groups in total. The van der Waals surface area contributed by atoms with Crippen molar-refractivity contribution in [2.75, 3.05) is 23.9 Å². The van der Waals surface area contributed by atoms with Crippen LogP contribution in [0.2, 0.25) is 0 Å². The zero-order valence-corrected chi connectivity index (χ0v) is 21.6. The van der Waals surface area contributed by atoms with Gasteiger partial charge in [0.15, 0.2) is 0 Å². The molecule has 1 aromatic heterocycles. The van der Waals surface area contributed by atoms with E-state index in [-0.39, 0.29) is 0 Å². The number of fused-ring (bicyclic) bond motifs is 4. The van der Waals surface area contributed by atoms with Crippen molar-refractivity contribution in [3.05, 3.63) is 125 Å². The fourth-order valence-corrected chi connectivity index (χ4v) is 6.42. The number of hydrogen-bond donors (Lipinski definition) is 0. The van der Waals surface area contributed by atoms with Crippen molar-refractivity contribution in [1.82, 2.24) is 0 Å². The van der Waals surface area contributed by atoms with Gasteiger partial charge in [-0.25, -0.2) is 0 Å². The summed E-state index contributed by atoms with van der Waals surface area (Å²) in [6.45, 7) is 0. The highest BCUT2D eigenvalue weighted by molar-refractivity contribution is 5.88. The zero-order valence-electron chi connectivity index (χ0n) is 21.6. The van der Waals surface area contributed by atoms with Gasteiger partial charge in [0, 0.05) is 50.4 Å². The van der Waals surface area contributed by atoms with E-state index in [2.05, 4.69) is 139 Å². The predicted molar refractivity (Wildman–Crippen MR) is 153 cm³/mol. The van der Waals surface area contributed by atoms with Crippen LogP contribution in [0.5, 0.6) is 0 Å². The van der Waals surface area contributed by atoms with E-state index in [1.807, 2.05) is 0 Å². The minimum atomic E-state index is 0.962. The third-order valence-corrected chi connectivity index (χ3v) is 8.16. The Kier molecular flexibility index (Phi) is 4.93. The van der Waals surface area contributed by atoms with Crippen LogP contribution in [-0.4, -0.2) is 14.1 Å². The average Bonchev–Trinajstić information content (AvgIpc) is 2.93. The smallest absolute Gasteiger partial charge is 0.214 e. The third-order valence-electron chi connectivity index (χ3n) is 8.16. The van der Waals surface area contributed by atoms with E-state index in [0.717, 1.165) is 12.8 Å². The average molecular weight is 481 g/mol. The molecule has 0 bridgehead atoms. The molecule has 5 aromatic rings. The summed E-state index contributed by atoms with van der Waals surface area (Å²) < 4.78 is 2.37. The number of aromatic nitrogens is 1. The molecule has 7 rings (SSSR count). The summed E-state index contributed by atoms with van der Waals surface area (Å²) in [7, 11) is 6.60. The van der Waals surface area contributed by atoms with E-state index in [9.17, 15) is 0 Å². The Labute approximate surface area is 218 Å². The number of rotatable bonds is 2. The second-order valence-corrected chi connectivity index (χ2v) is 10.2. The SMILES string of the molecule is CN1c2ccccc2Cc2cccc(-c3cccc(-c4cccc5c4N(C)c4ccccc4C5)[n+]3C)c21. The molecule has 3 nitrogen and oxygen atoms in total. The lowest BCUT2D eigenvalue weighted by atomic mass is 9.91. The van der Waals surface area contributed by atoms with Gasteiger partial charge in [0.05, 0.1) is 22.5 Å². The van der Waals surface area contributed by atoms with Crippen molar-refractivity contribution in [3.8, 4) is 22.5 Å². The van der Waals surface area contributed by atoms with Gasteiger partial charge in [-0.2, -0.15) is 4.57 Å². The molecule has 180 valence electrons. The molecule has 2 aliphatic rings. The first-order chi connectivity index (χ1) is 18.1. The van der Waals surface area contributed by atoms with Gasteiger partial charge in [-0.05, 0) is 52.6 Å². The lowest BCUT2D eigenvalue weighted by molar-refractivity contribution is -0.649. The Morgan fingerprint density at radius 1 is 0.486 bits per heavy atom. The predicted octanol–water partition coefficient (Wildman–Crippen LogP) is 7.19. The molecule has 0 atom stereocenters. The van der Waals surface area contributed by atoms with Crippen molar-refractivity contribution in [1.29, 1.82) is 0 Å². The van der Waals surface area contributed by atoms with Gasteiger partial charge >= 0.3 is 0 Å². The monoisotopic (exact) mass is 480 g/mol. The largest absolute Gasteiger partial charge is 0.343 e. The maximum absolute atomic E-state index is 2.37. The maximum atomic E-state index is 2.37. The maximum Gasteiger partial charge on any atom is 0.214 e. The number of hydrogen-bond acceptors (Lipinski definition) is 2. The van der Waals surface area contributed by atoms with E-state index in [4.69, 9.17) is 0 Å². The zero-order chi connectivity index (χ0) is 25.1. The molecule has 0 spiro atoms. The molecular formula is C34H30N3+. The topological polar surface area (TPSA) is 10.4 Å². The van der Waals surface area contributed by atoms with Gasteiger partial charge in [0.1, 0.15) is 7.05 Å². The standard InChI is InChI=1S/C34H30N3/c1-35-31(27-15-8-13-25-21-23-11-4-6-17-29(23)36(2)33(25)27)19-10-20-32(35)28-16-9-14-26-22-24-12-5-7-18-30(24)37(3)34(26)28/h4-20H,21-22H2,1-3H3/q+1. The first-order valence-corrected chi connectivity index (χ1v) is 13.0. The molecule has 0 saturated heterocycles. The molecule has 0 saturated carbocycles. The molecule has 4 aromatic carbocycles. The van der Waals surface area contributed by atoms with E-state index in [1.54, 1.807) is 0 Å². The second kappa shape index (κ2) is 8.35. The van der Waals surface area contributed by atoms with Gasteiger partial charge in [0.2, 0.25) is 11.4 Å². The number of pyridine rings is 1. The Hall–Kier alpha value is -4.37. The van der Waals surface area contributed by atoms with Crippen LogP contribution >= 0.6 is 0 Å². The molecule has 0 aliphatic carbocycles. The highest BCUT2D eigenvalue weighted by atomic mass is 15.1. The lowest BCUT2D eigenvalue weighted by Gasteiger charge is -2.32. The molecular weight excluding hydrogens is 450 g/mol. The summed E-state index contributed by atoms with van der Waals surface area (Å²) in [4.78, 5) is 4.73. The summed E-state index contributed by atoms with van der Waals surface area (Å²) in [5.74, 6) is 0. The quantitative estimate of drug-likeness (QED) is 0.248. The Bertz CT molecular complexity index is 1560. The number of benzene rings is 4. The fourth-order valence-electron chi connectivity index (χ4n) is 6.42. The van der Waals surface area contributed by atoms with E-state index in [1.165, 1.54) is 67.5 Å². The normalized spacial score (nSPS) is 13.5. The van der Waals surface area contributed by atoms with Crippen LogP contribution in [0.4, 0.5) is 22.7 Å². The summed E-state index contributed by atoms with van der Waals surface area (Å²) >= 11 is 0. The van der Waals surface area contributed by atoms with Crippen LogP contribution < -0.4 is 14.4 Å². The van der Waals surface area contributed by atoms with E-state index in [0.29, 0.717) is 0 Å². The minimum absolute atomic E-state index is 0.962. The summed E-state index contributed by atoms with van der Waals surface area (Å²) in [6, 6.07) is 37.7. The minimum Gasteiger partial charge on any atom is -0.343 e. The first kappa shape index (κ1) is 21.9. The number of para-hydroxylation sites is 4. The third kappa shape index (κ3) is 3.31. The van der Waals surface area contributed by atoms with Gasteiger partial charge in [-0.1, -0.05) is 60.7 Å². The second-order valence-electron chi connectivity index (χ2n) is 10.2. The van der Waals surface area contributed by atoms with E-state index >= 15 is 0 Å². The molecule has 2 aliphatic heterocycles. The molecule has 3 heterocycles. The van der Waals surface area contributed by atoms with Crippen LogP contribution in [-0.2, 0) is 19.9 Å². The van der Waals surface area contributed by atoms with Crippen molar-refractivity contribution in [3.63, 3.8) is 0 Å². The van der Waals surface area contributed by atoms with Crippen LogP contribution in [0.1, 0.15) is 22.3 Å². The summed E-state index contributed by atoms with van der Waals surface area (Å²) in [6.07, 6.45) is 1.92. The van der Waals surface area contributed by atoms with Crippen molar-refractivity contribution in [2.24, 2.45) is 7.05 Å². The Morgan fingerprint density at radius 2 is 0.892 bits per heavy atom. The van der Waals surface area contributed by atoms with Gasteiger partial charge < -0.3 is 9.80 Å². The number of anilines is 4. The molecule has 0 unspecified atom stereocenters. The fraction of sp³-hybridized carbons (Fsp3) is 0.147. The summed E-state index contributed by atoms with van der Waals surface area (Å²) in [5.41, 5.74) is 15.7. The highest BCUT2D eigenvalue weighted by Gasteiger charge is 2.29. The number of nitrogens with zero attached hydrogens (tertiary/aromatic N) is 3. The molecule has 37 heavy (non-hydrogen) atoms. The lowest BCUT2D eigenvalue weighted by Crippen LogP contribution is -2.35. The Morgan fingerprint density at radius 3 is 1.38 bits per heavy atom. The van der Waals surface area contributed by atoms with Gasteiger partial charge in [-0.3, -0.25) is 0 Å². The van der Waals surface area contributed by atoms with Crippen molar-refractivity contribution in [2.45, 2.75) is 12.8 Å². The molecule has 0 amide bonds. The van der Waals surface area contributed by atoms with E-state index < -0.39 is 0 Å². The van der Waals surface area contributed by atoms with Crippen molar-refractivity contribution >= 4 is 22.7 Å².